The van der Waals surface area contributed by atoms with Crippen LogP contribution < -0.4 is 0 Å². The van der Waals surface area contributed by atoms with Crippen LogP contribution in [0.5, 0.6) is 0 Å². The quantitative estimate of drug-likeness (QED) is 0.751. The minimum absolute atomic E-state index is 0.640. The summed E-state index contributed by atoms with van der Waals surface area (Å²) in [7, 11) is 0. The Morgan fingerprint density at radius 2 is 1.95 bits per heavy atom. The van der Waals surface area contributed by atoms with Crippen molar-refractivity contribution in [2.45, 2.75) is 20.8 Å². The second-order valence-corrected chi connectivity index (χ2v) is 4.72. The van der Waals surface area contributed by atoms with Crippen LogP contribution in [0.3, 0.4) is 0 Å². The van der Waals surface area contributed by atoms with Crippen LogP contribution in [-0.2, 0) is 0 Å². The number of nitrogens with zero attached hydrogens (tertiary/aromatic N) is 2. The van der Waals surface area contributed by atoms with Crippen molar-refractivity contribution in [3.63, 3.8) is 0 Å². The molecule has 0 saturated heterocycles. The van der Waals surface area contributed by atoms with Gasteiger partial charge in [-0.15, -0.1) is 0 Å². The zero-order chi connectivity index (χ0) is 13.8. The molecule has 0 saturated carbocycles. The number of rotatable bonds is 2. The Morgan fingerprint density at radius 3 is 2.58 bits per heavy atom. The highest BCUT2D eigenvalue weighted by atomic mass is 14.7. The lowest BCUT2D eigenvalue weighted by Crippen LogP contribution is -1.88. The van der Waals surface area contributed by atoms with E-state index in [2.05, 4.69) is 36.2 Å². The van der Waals surface area contributed by atoms with E-state index in [4.69, 9.17) is 0 Å². The Bertz CT molecular complexity index is 659. The third-order valence-electron chi connectivity index (χ3n) is 3.08. The van der Waals surface area contributed by atoms with Gasteiger partial charge >= 0.3 is 0 Å². The average Bonchev–Trinajstić information content (AvgIpc) is 2.41. The molecule has 1 heterocycles. The highest BCUT2D eigenvalue weighted by molar-refractivity contribution is 5.89. The number of hydrogen-bond donors (Lipinski definition) is 0. The zero-order valence-electron chi connectivity index (χ0n) is 11.4. The van der Waals surface area contributed by atoms with Crippen molar-refractivity contribution >= 4 is 11.6 Å². The lowest BCUT2D eigenvalue weighted by molar-refractivity contribution is 1.19. The molecule has 0 atom stereocenters. The summed E-state index contributed by atoms with van der Waals surface area (Å²) in [6.07, 6.45) is 3.67. The van der Waals surface area contributed by atoms with Gasteiger partial charge < -0.3 is 0 Å². The van der Waals surface area contributed by atoms with Gasteiger partial charge in [-0.2, -0.15) is 5.26 Å². The van der Waals surface area contributed by atoms with E-state index in [0.717, 1.165) is 16.8 Å². The van der Waals surface area contributed by atoms with Gasteiger partial charge in [0.05, 0.1) is 11.6 Å². The van der Waals surface area contributed by atoms with Crippen LogP contribution in [0, 0.1) is 32.1 Å². The third kappa shape index (κ3) is 3.08. The molecule has 0 aliphatic rings. The molecule has 2 rings (SSSR count). The fraction of sp³-hybridized carbons (Fsp3) is 0.176. The first-order valence-corrected chi connectivity index (χ1v) is 6.22. The molecule has 0 spiro atoms. The summed E-state index contributed by atoms with van der Waals surface area (Å²) in [5.41, 5.74) is 5.88. The molecule has 0 radical (unpaired) electrons. The van der Waals surface area contributed by atoms with Crippen LogP contribution in [0.2, 0.25) is 0 Å². The summed E-state index contributed by atoms with van der Waals surface area (Å²) < 4.78 is 0. The van der Waals surface area contributed by atoms with Gasteiger partial charge in [-0.05, 0) is 44.0 Å². The van der Waals surface area contributed by atoms with Crippen LogP contribution in [-0.4, -0.2) is 4.98 Å². The van der Waals surface area contributed by atoms with E-state index in [-0.39, 0.29) is 0 Å². The van der Waals surface area contributed by atoms with Gasteiger partial charge in [0.25, 0.3) is 0 Å². The van der Waals surface area contributed by atoms with Gasteiger partial charge in [0, 0.05) is 17.5 Å². The first kappa shape index (κ1) is 13.0. The SMILES string of the molecule is Cc1ccc(C)c(/C=C(/C#N)c2ccc(C)nc2)c1. The first-order chi connectivity index (χ1) is 9.10. The molecule has 2 nitrogen and oxygen atoms in total. The molecule has 0 N–H and O–H groups in total. The van der Waals surface area contributed by atoms with E-state index in [9.17, 15) is 5.26 Å². The molecule has 0 amide bonds. The Hall–Kier alpha value is -2.40. The van der Waals surface area contributed by atoms with Gasteiger partial charge in [0.15, 0.2) is 0 Å². The maximum atomic E-state index is 9.32. The molecule has 2 heteroatoms. The summed E-state index contributed by atoms with van der Waals surface area (Å²) >= 11 is 0. The summed E-state index contributed by atoms with van der Waals surface area (Å²) in [4.78, 5) is 4.24. The molecule has 0 unspecified atom stereocenters. The minimum Gasteiger partial charge on any atom is -0.261 e. The Morgan fingerprint density at radius 1 is 1.16 bits per heavy atom. The van der Waals surface area contributed by atoms with Crippen molar-refractivity contribution in [3.05, 3.63) is 64.5 Å². The summed E-state index contributed by atoms with van der Waals surface area (Å²) in [6.45, 7) is 6.04. The second kappa shape index (κ2) is 5.49. The highest BCUT2D eigenvalue weighted by Crippen LogP contribution is 2.20. The molecule has 2 aromatic rings. The number of aromatic nitrogens is 1. The molecule has 0 aliphatic carbocycles. The maximum Gasteiger partial charge on any atom is 0.0998 e. The van der Waals surface area contributed by atoms with Crippen molar-refractivity contribution in [1.82, 2.24) is 4.98 Å². The number of pyridine rings is 1. The molecule has 19 heavy (non-hydrogen) atoms. The number of allylic oxidation sites excluding steroid dienone is 1. The fourth-order valence-electron chi connectivity index (χ4n) is 1.88. The first-order valence-electron chi connectivity index (χ1n) is 6.22. The zero-order valence-corrected chi connectivity index (χ0v) is 11.4. The molecular formula is C17H16N2. The van der Waals surface area contributed by atoms with Crippen LogP contribution in [0.25, 0.3) is 11.6 Å². The Kier molecular flexibility index (Phi) is 3.77. The van der Waals surface area contributed by atoms with Gasteiger partial charge in [-0.3, -0.25) is 4.98 Å². The van der Waals surface area contributed by atoms with Gasteiger partial charge in [0.1, 0.15) is 0 Å². The third-order valence-corrected chi connectivity index (χ3v) is 3.08. The Labute approximate surface area is 114 Å². The Balaban J connectivity index is 2.47. The summed E-state index contributed by atoms with van der Waals surface area (Å²) in [6, 6.07) is 12.3. The largest absolute Gasteiger partial charge is 0.261 e. The topological polar surface area (TPSA) is 36.7 Å². The predicted molar refractivity (Wildman–Crippen MR) is 78.4 cm³/mol. The number of nitriles is 1. The van der Waals surface area contributed by atoms with E-state index in [1.165, 1.54) is 11.1 Å². The number of benzene rings is 1. The second-order valence-electron chi connectivity index (χ2n) is 4.72. The van der Waals surface area contributed by atoms with Crippen molar-refractivity contribution in [2.75, 3.05) is 0 Å². The van der Waals surface area contributed by atoms with Crippen LogP contribution >= 0.6 is 0 Å². The predicted octanol–water partition coefficient (Wildman–Crippen LogP) is 4.07. The van der Waals surface area contributed by atoms with Gasteiger partial charge in [-0.25, -0.2) is 0 Å². The lowest BCUT2D eigenvalue weighted by Gasteiger charge is -2.04. The highest BCUT2D eigenvalue weighted by Gasteiger charge is 2.03. The molecular weight excluding hydrogens is 232 g/mol. The van der Waals surface area contributed by atoms with Crippen LogP contribution in [0.15, 0.2) is 36.5 Å². The van der Waals surface area contributed by atoms with Crippen molar-refractivity contribution in [1.29, 1.82) is 5.26 Å². The smallest absolute Gasteiger partial charge is 0.0998 e. The van der Waals surface area contributed by atoms with Gasteiger partial charge in [0.2, 0.25) is 0 Å². The summed E-state index contributed by atoms with van der Waals surface area (Å²) in [5.74, 6) is 0. The van der Waals surface area contributed by atoms with Crippen molar-refractivity contribution in [3.8, 4) is 6.07 Å². The molecule has 0 aliphatic heterocycles. The van der Waals surface area contributed by atoms with Crippen LogP contribution in [0.4, 0.5) is 0 Å². The maximum absolute atomic E-state index is 9.32. The minimum atomic E-state index is 0.640. The van der Waals surface area contributed by atoms with E-state index < -0.39 is 0 Å². The van der Waals surface area contributed by atoms with Gasteiger partial charge in [-0.1, -0.05) is 29.8 Å². The van der Waals surface area contributed by atoms with E-state index in [1.807, 2.05) is 32.1 Å². The molecule has 0 bridgehead atoms. The fourth-order valence-corrected chi connectivity index (χ4v) is 1.88. The summed E-state index contributed by atoms with van der Waals surface area (Å²) in [5, 5.41) is 9.32. The standard InChI is InChI=1S/C17H16N2/c1-12-4-5-13(2)16(8-12)9-17(10-18)15-7-6-14(3)19-11-15/h4-9,11H,1-3H3/b17-9-. The van der Waals surface area contributed by atoms with E-state index in [1.54, 1.807) is 6.20 Å². The monoisotopic (exact) mass is 248 g/mol. The van der Waals surface area contributed by atoms with Crippen molar-refractivity contribution in [2.24, 2.45) is 0 Å². The van der Waals surface area contributed by atoms with Crippen LogP contribution in [0.1, 0.15) is 27.9 Å². The molecule has 94 valence electrons. The van der Waals surface area contributed by atoms with E-state index in [0.29, 0.717) is 5.57 Å². The lowest BCUT2D eigenvalue weighted by atomic mass is 10.0. The normalized spacial score (nSPS) is 11.2. The molecule has 1 aromatic carbocycles. The molecule has 1 aromatic heterocycles. The number of hydrogen-bond acceptors (Lipinski definition) is 2. The number of aryl methyl sites for hydroxylation is 3. The average molecular weight is 248 g/mol. The van der Waals surface area contributed by atoms with E-state index >= 15 is 0 Å². The molecule has 0 fully saturated rings. The van der Waals surface area contributed by atoms with Crippen molar-refractivity contribution < 1.29 is 0 Å².